The van der Waals surface area contributed by atoms with Gasteiger partial charge in [0.2, 0.25) is 5.95 Å². The van der Waals surface area contributed by atoms with Crippen LogP contribution in [0.1, 0.15) is 12.8 Å². The van der Waals surface area contributed by atoms with Gasteiger partial charge in [-0.15, -0.1) is 0 Å². The summed E-state index contributed by atoms with van der Waals surface area (Å²) in [7, 11) is 1.88. The van der Waals surface area contributed by atoms with Crippen LogP contribution in [-0.2, 0) is 7.05 Å². The lowest BCUT2D eigenvalue weighted by atomic mass is 10.2. The first-order valence-corrected chi connectivity index (χ1v) is 6.11. The summed E-state index contributed by atoms with van der Waals surface area (Å²) in [6.07, 6.45) is 6.10. The molecule has 2 aromatic heterocycles. The zero-order chi connectivity index (χ0) is 12.5. The molecule has 1 aliphatic heterocycles. The molecule has 3 heterocycles. The largest absolute Gasteiger partial charge is 0.384 e. The van der Waals surface area contributed by atoms with Gasteiger partial charge < -0.3 is 10.6 Å². The maximum absolute atomic E-state index is 5.87. The molecule has 6 nitrogen and oxygen atoms in total. The number of anilines is 2. The summed E-state index contributed by atoms with van der Waals surface area (Å²) in [6, 6.07) is 1.79. The SMILES string of the molecule is Cn1cc(-c2cc(N)nc(N3CCCC3)n2)cn1. The molecule has 1 fully saturated rings. The Balaban J connectivity index is 1.99. The van der Waals surface area contributed by atoms with E-state index in [1.54, 1.807) is 16.9 Å². The Morgan fingerprint density at radius 1 is 1.22 bits per heavy atom. The minimum atomic E-state index is 0.505. The Morgan fingerprint density at radius 2 is 2.00 bits per heavy atom. The number of aromatic nitrogens is 4. The molecule has 1 saturated heterocycles. The van der Waals surface area contributed by atoms with Crippen LogP contribution in [0.2, 0.25) is 0 Å². The van der Waals surface area contributed by atoms with Gasteiger partial charge in [0.15, 0.2) is 0 Å². The van der Waals surface area contributed by atoms with Gasteiger partial charge in [0.1, 0.15) is 5.82 Å². The molecule has 2 N–H and O–H groups in total. The second-order valence-electron chi connectivity index (χ2n) is 4.57. The van der Waals surface area contributed by atoms with E-state index in [0.29, 0.717) is 5.82 Å². The van der Waals surface area contributed by atoms with Crippen LogP contribution in [-0.4, -0.2) is 32.8 Å². The van der Waals surface area contributed by atoms with Gasteiger partial charge in [-0.25, -0.2) is 4.98 Å². The molecule has 6 heteroatoms. The Morgan fingerprint density at radius 3 is 2.67 bits per heavy atom. The first-order chi connectivity index (χ1) is 8.72. The van der Waals surface area contributed by atoms with Gasteiger partial charge in [0.25, 0.3) is 0 Å². The predicted octanol–water partition coefficient (Wildman–Crippen LogP) is 1.06. The van der Waals surface area contributed by atoms with Crippen LogP contribution in [0.3, 0.4) is 0 Å². The van der Waals surface area contributed by atoms with Crippen molar-refractivity contribution in [3.63, 3.8) is 0 Å². The number of nitrogen functional groups attached to an aromatic ring is 1. The second kappa shape index (κ2) is 4.29. The highest BCUT2D eigenvalue weighted by Gasteiger charge is 2.16. The highest BCUT2D eigenvalue weighted by Crippen LogP contribution is 2.23. The predicted molar refractivity (Wildman–Crippen MR) is 70.1 cm³/mol. The van der Waals surface area contributed by atoms with E-state index in [1.165, 1.54) is 12.8 Å². The van der Waals surface area contributed by atoms with Crippen LogP contribution >= 0.6 is 0 Å². The van der Waals surface area contributed by atoms with Gasteiger partial charge in [-0.2, -0.15) is 10.1 Å². The molecule has 0 bridgehead atoms. The fourth-order valence-corrected chi connectivity index (χ4v) is 2.21. The summed E-state index contributed by atoms with van der Waals surface area (Å²) in [5.41, 5.74) is 7.66. The van der Waals surface area contributed by atoms with Crippen molar-refractivity contribution in [3.8, 4) is 11.3 Å². The molecule has 0 spiro atoms. The average molecular weight is 244 g/mol. The average Bonchev–Trinajstić information content (AvgIpc) is 2.98. The monoisotopic (exact) mass is 244 g/mol. The molecule has 18 heavy (non-hydrogen) atoms. The summed E-state index contributed by atoms with van der Waals surface area (Å²) in [5, 5.41) is 4.15. The number of nitrogens with zero attached hydrogens (tertiary/aromatic N) is 5. The highest BCUT2D eigenvalue weighted by molar-refractivity contribution is 5.62. The molecule has 94 valence electrons. The molecule has 0 aliphatic carbocycles. The molecule has 2 aromatic rings. The van der Waals surface area contributed by atoms with Crippen molar-refractivity contribution in [2.75, 3.05) is 23.7 Å². The third-order valence-electron chi connectivity index (χ3n) is 3.12. The van der Waals surface area contributed by atoms with E-state index in [9.17, 15) is 0 Å². The lowest BCUT2D eigenvalue weighted by Gasteiger charge is -2.15. The van der Waals surface area contributed by atoms with Crippen LogP contribution in [0.4, 0.5) is 11.8 Å². The minimum absolute atomic E-state index is 0.505. The van der Waals surface area contributed by atoms with Gasteiger partial charge in [-0.1, -0.05) is 0 Å². The van der Waals surface area contributed by atoms with Gasteiger partial charge in [0, 0.05) is 38.0 Å². The molecule has 0 unspecified atom stereocenters. The number of rotatable bonds is 2. The Kier molecular flexibility index (Phi) is 2.62. The number of hydrogen-bond donors (Lipinski definition) is 1. The van der Waals surface area contributed by atoms with E-state index in [-0.39, 0.29) is 0 Å². The lowest BCUT2D eigenvalue weighted by molar-refractivity contribution is 0.768. The molecule has 0 saturated carbocycles. The maximum Gasteiger partial charge on any atom is 0.227 e. The Hall–Kier alpha value is -2.11. The third kappa shape index (κ3) is 2.01. The number of aryl methyl sites for hydroxylation is 1. The molecule has 1 aliphatic rings. The smallest absolute Gasteiger partial charge is 0.227 e. The zero-order valence-corrected chi connectivity index (χ0v) is 10.4. The lowest BCUT2D eigenvalue weighted by Crippen LogP contribution is -2.21. The van der Waals surface area contributed by atoms with Crippen molar-refractivity contribution in [2.45, 2.75) is 12.8 Å². The molecular weight excluding hydrogens is 228 g/mol. The van der Waals surface area contributed by atoms with Crippen LogP contribution in [0, 0.1) is 0 Å². The second-order valence-corrected chi connectivity index (χ2v) is 4.57. The van der Waals surface area contributed by atoms with Crippen molar-refractivity contribution in [3.05, 3.63) is 18.5 Å². The summed E-state index contributed by atoms with van der Waals surface area (Å²) in [5.74, 6) is 1.23. The summed E-state index contributed by atoms with van der Waals surface area (Å²) in [4.78, 5) is 11.1. The van der Waals surface area contributed by atoms with Crippen LogP contribution in [0.5, 0.6) is 0 Å². The molecule has 0 atom stereocenters. The van der Waals surface area contributed by atoms with E-state index in [0.717, 1.165) is 30.3 Å². The van der Waals surface area contributed by atoms with E-state index in [1.807, 2.05) is 13.2 Å². The Labute approximate surface area is 105 Å². The normalized spacial score (nSPS) is 15.3. The summed E-state index contributed by atoms with van der Waals surface area (Å²) >= 11 is 0. The van der Waals surface area contributed by atoms with Crippen LogP contribution in [0.25, 0.3) is 11.3 Å². The molecule has 3 rings (SSSR count). The third-order valence-corrected chi connectivity index (χ3v) is 3.12. The maximum atomic E-state index is 5.87. The molecule has 0 aromatic carbocycles. The fraction of sp³-hybridized carbons (Fsp3) is 0.417. The van der Waals surface area contributed by atoms with Gasteiger partial charge in [0.05, 0.1) is 11.9 Å². The molecule has 0 radical (unpaired) electrons. The van der Waals surface area contributed by atoms with Gasteiger partial charge in [-0.05, 0) is 12.8 Å². The Bertz CT molecular complexity index is 555. The number of nitrogens with two attached hydrogens (primary N) is 1. The van der Waals surface area contributed by atoms with Crippen LogP contribution < -0.4 is 10.6 Å². The fourth-order valence-electron chi connectivity index (χ4n) is 2.21. The highest BCUT2D eigenvalue weighted by atomic mass is 15.3. The van der Waals surface area contributed by atoms with Crippen molar-refractivity contribution >= 4 is 11.8 Å². The quantitative estimate of drug-likeness (QED) is 0.855. The topological polar surface area (TPSA) is 72.9 Å². The van der Waals surface area contributed by atoms with E-state index in [2.05, 4.69) is 20.0 Å². The summed E-state index contributed by atoms with van der Waals surface area (Å²) in [6.45, 7) is 2.02. The number of hydrogen-bond acceptors (Lipinski definition) is 5. The standard InChI is InChI=1S/C12H16N6/c1-17-8-9(7-14-17)10-6-11(13)16-12(15-10)18-4-2-3-5-18/h6-8H,2-5H2,1H3,(H2,13,15,16). The van der Waals surface area contributed by atoms with Crippen molar-refractivity contribution in [1.82, 2.24) is 19.7 Å². The van der Waals surface area contributed by atoms with E-state index in [4.69, 9.17) is 5.73 Å². The van der Waals surface area contributed by atoms with E-state index < -0.39 is 0 Å². The van der Waals surface area contributed by atoms with Crippen molar-refractivity contribution in [2.24, 2.45) is 7.05 Å². The van der Waals surface area contributed by atoms with Crippen molar-refractivity contribution < 1.29 is 0 Å². The molecule has 0 amide bonds. The summed E-state index contributed by atoms with van der Waals surface area (Å²) < 4.78 is 1.75. The van der Waals surface area contributed by atoms with E-state index >= 15 is 0 Å². The van der Waals surface area contributed by atoms with Crippen molar-refractivity contribution in [1.29, 1.82) is 0 Å². The van der Waals surface area contributed by atoms with Gasteiger partial charge >= 0.3 is 0 Å². The zero-order valence-electron chi connectivity index (χ0n) is 10.4. The first-order valence-electron chi connectivity index (χ1n) is 6.11. The van der Waals surface area contributed by atoms with Gasteiger partial charge in [-0.3, -0.25) is 4.68 Å². The first kappa shape index (κ1) is 11.0. The minimum Gasteiger partial charge on any atom is -0.384 e. The van der Waals surface area contributed by atoms with Crippen LogP contribution in [0.15, 0.2) is 18.5 Å². The molecular formula is C12H16N6.